The van der Waals surface area contributed by atoms with Crippen molar-refractivity contribution in [2.45, 2.75) is 82.9 Å². The zero-order valence-electron chi connectivity index (χ0n) is 13.0. The molecular weight excluding hydrogens is 258 g/mol. The summed E-state index contributed by atoms with van der Waals surface area (Å²) in [7, 11) is -3.04. The molecule has 0 heterocycles. The molecule has 0 saturated heterocycles. The van der Waals surface area contributed by atoms with E-state index in [0.717, 1.165) is 18.8 Å². The van der Waals surface area contributed by atoms with Gasteiger partial charge in [-0.2, -0.15) is 0 Å². The van der Waals surface area contributed by atoms with Crippen molar-refractivity contribution < 1.29 is 8.42 Å². The Morgan fingerprint density at radius 1 is 1.21 bits per heavy atom. The van der Waals surface area contributed by atoms with E-state index in [9.17, 15) is 8.42 Å². The minimum Gasteiger partial charge on any atom is -0.325 e. The third kappa shape index (κ3) is 4.75. The first kappa shape index (κ1) is 17.0. The van der Waals surface area contributed by atoms with Gasteiger partial charge in [-0.3, -0.25) is 0 Å². The zero-order valence-corrected chi connectivity index (χ0v) is 13.9. The molecular formula is C15H31NO2S. The summed E-state index contributed by atoms with van der Waals surface area (Å²) in [5.41, 5.74) is 6.16. The van der Waals surface area contributed by atoms with Crippen molar-refractivity contribution in [1.29, 1.82) is 0 Å². The molecule has 1 fully saturated rings. The molecule has 1 saturated carbocycles. The second-order valence-electron chi connectivity index (χ2n) is 7.28. The molecule has 0 atom stereocenters. The minimum atomic E-state index is -3.04. The summed E-state index contributed by atoms with van der Waals surface area (Å²) in [4.78, 5) is 0. The van der Waals surface area contributed by atoms with Crippen LogP contribution in [0, 0.1) is 5.92 Å². The number of hydrogen-bond donors (Lipinski definition) is 1. The highest BCUT2D eigenvalue weighted by Gasteiger charge is 2.35. The molecule has 0 aliphatic heterocycles. The molecule has 19 heavy (non-hydrogen) atoms. The highest BCUT2D eigenvalue weighted by molar-refractivity contribution is 7.92. The van der Waals surface area contributed by atoms with E-state index >= 15 is 0 Å². The molecule has 1 aliphatic carbocycles. The minimum absolute atomic E-state index is 0.228. The zero-order chi connectivity index (χ0) is 14.7. The molecule has 2 N–H and O–H groups in total. The van der Waals surface area contributed by atoms with Crippen LogP contribution in [-0.4, -0.2) is 24.5 Å². The SMILES string of the molecule is CCCC1CCC(N)(CCS(=O)(=O)C(C)(C)C)CC1. The second kappa shape index (κ2) is 6.13. The number of nitrogens with two attached hydrogens (primary N) is 1. The van der Waals surface area contributed by atoms with Gasteiger partial charge in [0.25, 0.3) is 0 Å². The van der Waals surface area contributed by atoms with Crippen molar-refractivity contribution in [1.82, 2.24) is 0 Å². The second-order valence-corrected chi connectivity index (χ2v) is 10.1. The van der Waals surface area contributed by atoms with Gasteiger partial charge in [0.15, 0.2) is 9.84 Å². The average Bonchev–Trinajstić information content (AvgIpc) is 2.29. The van der Waals surface area contributed by atoms with Gasteiger partial charge in [-0.15, -0.1) is 0 Å². The fourth-order valence-electron chi connectivity index (χ4n) is 2.84. The van der Waals surface area contributed by atoms with Gasteiger partial charge in [0.1, 0.15) is 0 Å². The van der Waals surface area contributed by atoms with Crippen LogP contribution in [0.1, 0.15) is 72.6 Å². The smallest absolute Gasteiger partial charge is 0.155 e. The van der Waals surface area contributed by atoms with Gasteiger partial charge in [0, 0.05) is 5.54 Å². The van der Waals surface area contributed by atoms with E-state index in [2.05, 4.69) is 6.92 Å². The fourth-order valence-corrected chi connectivity index (χ4v) is 4.13. The Bertz CT molecular complexity index is 373. The van der Waals surface area contributed by atoms with Gasteiger partial charge in [0.2, 0.25) is 0 Å². The Morgan fingerprint density at radius 2 is 1.74 bits per heavy atom. The molecule has 0 aromatic heterocycles. The molecule has 114 valence electrons. The van der Waals surface area contributed by atoms with Crippen LogP contribution in [0.3, 0.4) is 0 Å². The predicted octanol–water partition coefficient (Wildman–Crippen LogP) is 3.28. The van der Waals surface area contributed by atoms with E-state index in [4.69, 9.17) is 5.73 Å². The first-order chi connectivity index (χ1) is 8.60. The molecule has 0 radical (unpaired) electrons. The molecule has 1 rings (SSSR count). The van der Waals surface area contributed by atoms with E-state index in [-0.39, 0.29) is 11.3 Å². The van der Waals surface area contributed by atoms with Crippen molar-refractivity contribution in [2.75, 3.05) is 5.75 Å². The lowest BCUT2D eigenvalue weighted by Crippen LogP contribution is -2.46. The standard InChI is InChI=1S/C15H31NO2S/c1-5-6-13-7-9-15(16,10-8-13)11-12-19(17,18)14(2,3)4/h13H,5-12,16H2,1-4H3. The molecule has 0 aromatic rings. The first-order valence-electron chi connectivity index (χ1n) is 7.61. The maximum Gasteiger partial charge on any atom is 0.155 e. The Balaban J connectivity index is 2.50. The van der Waals surface area contributed by atoms with Gasteiger partial charge in [-0.1, -0.05) is 19.8 Å². The van der Waals surface area contributed by atoms with Crippen molar-refractivity contribution in [3.63, 3.8) is 0 Å². The maximum atomic E-state index is 12.1. The number of rotatable bonds is 5. The average molecular weight is 289 g/mol. The molecule has 0 aromatic carbocycles. The lowest BCUT2D eigenvalue weighted by molar-refractivity contribution is 0.219. The van der Waals surface area contributed by atoms with Crippen LogP contribution in [-0.2, 0) is 9.84 Å². The van der Waals surface area contributed by atoms with Crippen molar-refractivity contribution in [3.05, 3.63) is 0 Å². The van der Waals surface area contributed by atoms with Crippen LogP contribution < -0.4 is 5.73 Å². The van der Waals surface area contributed by atoms with Crippen molar-refractivity contribution in [3.8, 4) is 0 Å². The number of sulfone groups is 1. The molecule has 0 spiro atoms. The van der Waals surface area contributed by atoms with Gasteiger partial charge in [-0.05, 0) is 58.8 Å². The van der Waals surface area contributed by atoms with Crippen LogP contribution in [0.5, 0.6) is 0 Å². The maximum absolute atomic E-state index is 12.1. The Kier molecular flexibility index (Phi) is 5.47. The van der Waals surface area contributed by atoms with Crippen LogP contribution >= 0.6 is 0 Å². The van der Waals surface area contributed by atoms with Crippen LogP contribution in [0.15, 0.2) is 0 Å². The summed E-state index contributed by atoms with van der Waals surface area (Å²) in [5, 5.41) is 0. The molecule has 0 amide bonds. The summed E-state index contributed by atoms with van der Waals surface area (Å²) >= 11 is 0. The highest BCUT2D eigenvalue weighted by atomic mass is 32.2. The van der Waals surface area contributed by atoms with Gasteiger partial charge >= 0.3 is 0 Å². The lowest BCUT2D eigenvalue weighted by Gasteiger charge is -2.37. The molecule has 4 heteroatoms. The van der Waals surface area contributed by atoms with E-state index in [1.165, 1.54) is 25.7 Å². The van der Waals surface area contributed by atoms with Gasteiger partial charge in [0.05, 0.1) is 10.5 Å². The monoisotopic (exact) mass is 289 g/mol. The Hall–Kier alpha value is -0.0900. The van der Waals surface area contributed by atoms with Gasteiger partial charge < -0.3 is 5.73 Å². The normalized spacial score (nSPS) is 29.4. The molecule has 0 unspecified atom stereocenters. The Morgan fingerprint density at radius 3 is 2.16 bits per heavy atom. The topological polar surface area (TPSA) is 60.2 Å². The third-order valence-electron chi connectivity index (χ3n) is 4.60. The summed E-state index contributed by atoms with van der Waals surface area (Å²) in [6.07, 6.45) is 7.44. The van der Waals surface area contributed by atoms with E-state index in [1.807, 2.05) is 0 Å². The predicted molar refractivity (Wildman–Crippen MR) is 81.9 cm³/mol. The van der Waals surface area contributed by atoms with E-state index in [0.29, 0.717) is 6.42 Å². The molecule has 3 nitrogen and oxygen atoms in total. The fraction of sp³-hybridized carbons (Fsp3) is 1.00. The van der Waals surface area contributed by atoms with Crippen molar-refractivity contribution in [2.24, 2.45) is 11.7 Å². The summed E-state index contributed by atoms with van der Waals surface area (Å²) in [5.74, 6) is 1.03. The highest BCUT2D eigenvalue weighted by Crippen LogP contribution is 2.35. The largest absolute Gasteiger partial charge is 0.325 e. The summed E-state index contributed by atoms with van der Waals surface area (Å²) in [6, 6.07) is 0. The van der Waals surface area contributed by atoms with Crippen molar-refractivity contribution >= 4 is 9.84 Å². The molecule has 0 bridgehead atoms. The third-order valence-corrected chi connectivity index (χ3v) is 7.21. The summed E-state index contributed by atoms with van der Waals surface area (Å²) < 4.78 is 23.6. The van der Waals surface area contributed by atoms with E-state index < -0.39 is 14.6 Å². The quantitative estimate of drug-likeness (QED) is 0.845. The lowest BCUT2D eigenvalue weighted by atomic mass is 9.74. The van der Waals surface area contributed by atoms with Crippen LogP contribution in [0.2, 0.25) is 0 Å². The summed E-state index contributed by atoms with van der Waals surface area (Å²) in [6.45, 7) is 7.53. The number of hydrogen-bond acceptors (Lipinski definition) is 3. The van der Waals surface area contributed by atoms with Crippen LogP contribution in [0.25, 0.3) is 0 Å². The van der Waals surface area contributed by atoms with E-state index in [1.54, 1.807) is 20.8 Å². The Labute approximate surface area is 119 Å². The first-order valence-corrected chi connectivity index (χ1v) is 9.26. The molecule has 1 aliphatic rings. The van der Waals surface area contributed by atoms with Gasteiger partial charge in [-0.25, -0.2) is 8.42 Å². The van der Waals surface area contributed by atoms with Crippen LogP contribution in [0.4, 0.5) is 0 Å².